The number of para-hydroxylation sites is 1. The SMILES string of the molecule is C=C(Nc1ccccc1)N1CCN(c2ncnc3[nH]cc(C)c23)C[C@@H]1C.CC. The van der Waals surface area contributed by atoms with Gasteiger partial charge in [0.05, 0.1) is 11.2 Å². The molecule has 1 aliphatic heterocycles. The van der Waals surface area contributed by atoms with Gasteiger partial charge in [-0.3, -0.25) is 0 Å². The monoisotopic (exact) mass is 378 g/mol. The number of hydrogen-bond acceptors (Lipinski definition) is 5. The molecule has 3 heterocycles. The summed E-state index contributed by atoms with van der Waals surface area (Å²) in [5.41, 5.74) is 3.14. The number of hydrogen-bond donors (Lipinski definition) is 2. The molecule has 2 aromatic heterocycles. The number of H-pyrrole nitrogens is 1. The van der Waals surface area contributed by atoms with Gasteiger partial charge in [0, 0.05) is 37.6 Å². The van der Waals surface area contributed by atoms with Gasteiger partial charge < -0.3 is 20.1 Å². The van der Waals surface area contributed by atoms with E-state index in [1.54, 1.807) is 6.33 Å². The molecular weight excluding hydrogens is 348 g/mol. The number of nitrogens with one attached hydrogen (secondary N) is 2. The second kappa shape index (κ2) is 8.78. The van der Waals surface area contributed by atoms with Crippen LogP contribution in [0.25, 0.3) is 11.0 Å². The zero-order valence-corrected chi connectivity index (χ0v) is 17.2. The van der Waals surface area contributed by atoms with Gasteiger partial charge in [0.1, 0.15) is 17.8 Å². The van der Waals surface area contributed by atoms with Gasteiger partial charge in [-0.05, 0) is 31.5 Å². The highest BCUT2D eigenvalue weighted by molar-refractivity contribution is 5.90. The molecule has 0 amide bonds. The highest BCUT2D eigenvalue weighted by Gasteiger charge is 2.27. The predicted octanol–water partition coefficient (Wildman–Crippen LogP) is 4.39. The van der Waals surface area contributed by atoms with E-state index in [2.05, 4.69) is 62.6 Å². The third kappa shape index (κ3) is 3.96. The molecule has 6 heteroatoms. The van der Waals surface area contributed by atoms with E-state index in [-0.39, 0.29) is 0 Å². The van der Waals surface area contributed by atoms with Gasteiger partial charge >= 0.3 is 0 Å². The Labute approximate surface area is 167 Å². The van der Waals surface area contributed by atoms with Crippen LogP contribution in [0.1, 0.15) is 26.3 Å². The van der Waals surface area contributed by atoms with Crippen molar-refractivity contribution in [2.45, 2.75) is 33.7 Å². The number of anilines is 2. The number of benzene rings is 1. The number of aryl methyl sites for hydroxylation is 1. The third-order valence-corrected chi connectivity index (χ3v) is 4.98. The molecule has 1 saturated heterocycles. The number of aromatic nitrogens is 3. The maximum absolute atomic E-state index is 4.57. The Balaban J connectivity index is 0.00000109. The van der Waals surface area contributed by atoms with Crippen molar-refractivity contribution in [2.75, 3.05) is 29.9 Å². The van der Waals surface area contributed by atoms with Crippen molar-refractivity contribution in [1.29, 1.82) is 0 Å². The summed E-state index contributed by atoms with van der Waals surface area (Å²) in [6, 6.07) is 10.5. The van der Waals surface area contributed by atoms with Gasteiger partial charge in [-0.2, -0.15) is 0 Å². The number of rotatable bonds is 4. The Hall–Kier alpha value is -3.02. The van der Waals surface area contributed by atoms with Crippen LogP contribution < -0.4 is 10.2 Å². The van der Waals surface area contributed by atoms with E-state index in [0.717, 1.165) is 48.0 Å². The highest BCUT2D eigenvalue weighted by Crippen LogP contribution is 2.28. The zero-order chi connectivity index (χ0) is 20.1. The second-order valence-electron chi connectivity index (χ2n) is 6.82. The molecule has 0 radical (unpaired) electrons. The number of piperazine rings is 1. The molecule has 0 bridgehead atoms. The lowest BCUT2D eigenvalue weighted by Gasteiger charge is -2.42. The van der Waals surface area contributed by atoms with E-state index < -0.39 is 0 Å². The van der Waals surface area contributed by atoms with Gasteiger partial charge in [0.25, 0.3) is 0 Å². The van der Waals surface area contributed by atoms with Crippen molar-refractivity contribution in [1.82, 2.24) is 19.9 Å². The molecule has 3 aromatic rings. The summed E-state index contributed by atoms with van der Waals surface area (Å²) in [5, 5.41) is 4.53. The van der Waals surface area contributed by atoms with Crippen LogP contribution in [-0.2, 0) is 0 Å². The summed E-state index contributed by atoms with van der Waals surface area (Å²) in [6.07, 6.45) is 3.63. The molecule has 0 aliphatic carbocycles. The van der Waals surface area contributed by atoms with E-state index in [4.69, 9.17) is 0 Å². The Bertz CT molecular complexity index is 917. The van der Waals surface area contributed by atoms with E-state index in [9.17, 15) is 0 Å². The van der Waals surface area contributed by atoms with Crippen LogP contribution in [0.3, 0.4) is 0 Å². The van der Waals surface area contributed by atoms with Crippen molar-refractivity contribution in [3.05, 3.63) is 60.8 Å². The Kier molecular flexibility index (Phi) is 6.19. The molecule has 148 valence electrons. The summed E-state index contributed by atoms with van der Waals surface area (Å²) in [6.45, 7) is 15.3. The van der Waals surface area contributed by atoms with E-state index in [0.29, 0.717) is 6.04 Å². The second-order valence-corrected chi connectivity index (χ2v) is 6.82. The topological polar surface area (TPSA) is 60.1 Å². The number of fused-ring (bicyclic) bond motifs is 1. The third-order valence-electron chi connectivity index (χ3n) is 4.98. The average molecular weight is 379 g/mol. The molecule has 6 nitrogen and oxygen atoms in total. The molecule has 1 fully saturated rings. The fraction of sp³-hybridized carbons (Fsp3) is 0.364. The van der Waals surface area contributed by atoms with Crippen molar-refractivity contribution in [2.24, 2.45) is 0 Å². The highest BCUT2D eigenvalue weighted by atomic mass is 15.3. The Morgan fingerprint density at radius 1 is 1.18 bits per heavy atom. The minimum absolute atomic E-state index is 0.330. The van der Waals surface area contributed by atoms with Gasteiger partial charge in [-0.25, -0.2) is 9.97 Å². The average Bonchev–Trinajstić information content (AvgIpc) is 3.11. The minimum atomic E-state index is 0.330. The quantitative estimate of drug-likeness (QED) is 0.705. The van der Waals surface area contributed by atoms with Crippen LogP contribution >= 0.6 is 0 Å². The van der Waals surface area contributed by atoms with Crippen LogP contribution in [-0.4, -0.2) is 45.5 Å². The molecule has 1 atom stereocenters. The van der Waals surface area contributed by atoms with Crippen LogP contribution in [0.5, 0.6) is 0 Å². The number of nitrogens with zero attached hydrogens (tertiary/aromatic N) is 4. The molecule has 0 unspecified atom stereocenters. The van der Waals surface area contributed by atoms with Crippen molar-refractivity contribution < 1.29 is 0 Å². The van der Waals surface area contributed by atoms with Crippen LogP contribution in [0.4, 0.5) is 11.5 Å². The van der Waals surface area contributed by atoms with E-state index in [1.165, 1.54) is 5.56 Å². The van der Waals surface area contributed by atoms with Crippen LogP contribution in [0.15, 0.2) is 55.3 Å². The predicted molar refractivity (Wildman–Crippen MR) is 118 cm³/mol. The van der Waals surface area contributed by atoms with Gasteiger partial charge in [-0.15, -0.1) is 0 Å². The smallest absolute Gasteiger partial charge is 0.143 e. The lowest BCUT2D eigenvalue weighted by Crippen LogP contribution is -2.52. The first-order valence-corrected chi connectivity index (χ1v) is 9.94. The molecule has 28 heavy (non-hydrogen) atoms. The first kappa shape index (κ1) is 19.7. The van der Waals surface area contributed by atoms with Crippen molar-refractivity contribution >= 4 is 22.5 Å². The molecular formula is C22H30N6. The van der Waals surface area contributed by atoms with Gasteiger partial charge in [-0.1, -0.05) is 38.6 Å². The van der Waals surface area contributed by atoms with Crippen molar-refractivity contribution in [3.8, 4) is 0 Å². The molecule has 4 rings (SSSR count). The minimum Gasteiger partial charge on any atom is -0.352 e. The Morgan fingerprint density at radius 2 is 1.93 bits per heavy atom. The normalized spacial score (nSPS) is 16.5. The molecule has 0 saturated carbocycles. The molecule has 1 aromatic carbocycles. The van der Waals surface area contributed by atoms with Gasteiger partial charge in [0.15, 0.2) is 0 Å². The fourth-order valence-corrected chi connectivity index (χ4v) is 3.65. The summed E-state index contributed by atoms with van der Waals surface area (Å²) in [5.74, 6) is 1.95. The summed E-state index contributed by atoms with van der Waals surface area (Å²) < 4.78 is 0. The molecule has 2 N–H and O–H groups in total. The number of aromatic amines is 1. The zero-order valence-electron chi connectivity index (χ0n) is 17.2. The summed E-state index contributed by atoms with van der Waals surface area (Å²) in [4.78, 5) is 16.8. The standard InChI is InChI=1S/C20H24N6.C2H6/c1-14-11-21-19-18(14)20(23-13-22-19)25-9-10-26(15(2)12-25)16(3)24-17-7-5-4-6-8-17;1-2/h4-8,11,13,15,24H,3,9-10,12H2,1-2H3,(H,21,22,23);1-2H3/t15-;/m0./s1. The largest absolute Gasteiger partial charge is 0.352 e. The molecule has 1 aliphatic rings. The van der Waals surface area contributed by atoms with Crippen LogP contribution in [0.2, 0.25) is 0 Å². The maximum Gasteiger partial charge on any atom is 0.143 e. The molecule has 0 spiro atoms. The van der Waals surface area contributed by atoms with E-state index >= 15 is 0 Å². The van der Waals surface area contributed by atoms with Gasteiger partial charge in [0.2, 0.25) is 0 Å². The maximum atomic E-state index is 4.57. The summed E-state index contributed by atoms with van der Waals surface area (Å²) >= 11 is 0. The lowest BCUT2D eigenvalue weighted by atomic mass is 10.1. The van der Waals surface area contributed by atoms with Crippen LogP contribution in [0, 0.1) is 6.92 Å². The lowest BCUT2D eigenvalue weighted by molar-refractivity contribution is 0.246. The van der Waals surface area contributed by atoms with E-state index in [1.807, 2.05) is 38.2 Å². The summed E-state index contributed by atoms with van der Waals surface area (Å²) in [7, 11) is 0. The first-order chi connectivity index (χ1) is 13.6. The van der Waals surface area contributed by atoms with Crippen molar-refractivity contribution in [3.63, 3.8) is 0 Å². The fourth-order valence-electron chi connectivity index (χ4n) is 3.65. The Morgan fingerprint density at radius 3 is 2.64 bits per heavy atom. The first-order valence-electron chi connectivity index (χ1n) is 9.94.